The number of rotatable bonds is 14. The molecule has 22 heteroatoms. The quantitative estimate of drug-likeness (QED) is 0.0196. The third kappa shape index (κ3) is 11.0. The molecule has 0 radical (unpaired) electrons. The Labute approximate surface area is 379 Å². The summed E-state index contributed by atoms with van der Waals surface area (Å²) in [6.07, 6.45) is 3.21. The van der Waals surface area contributed by atoms with Crippen molar-refractivity contribution < 1.29 is 74.1 Å². The maximum absolute atomic E-state index is 14.6. The van der Waals surface area contributed by atoms with Crippen molar-refractivity contribution in [1.82, 2.24) is 15.5 Å². The van der Waals surface area contributed by atoms with Crippen LogP contribution in [0.3, 0.4) is 0 Å². The average molecular weight is 942 g/mol. The smallest absolute Gasteiger partial charge is 0.339 e. The van der Waals surface area contributed by atoms with Gasteiger partial charge in [0.1, 0.15) is 24.5 Å². The van der Waals surface area contributed by atoms with Crippen LogP contribution in [0.15, 0.2) is 64.7 Å². The first-order valence-electron chi connectivity index (χ1n) is 21.6. The number of hydrogen-bond acceptors (Lipinski definition) is 19. The van der Waals surface area contributed by atoms with Crippen molar-refractivity contribution in [3.8, 4) is 0 Å². The summed E-state index contributed by atoms with van der Waals surface area (Å²) in [5.41, 5.74) is 6.64. The van der Waals surface area contributed by atoms with Crippen molar-refractivity contribution in [2.24, 2.45) is 33.9 Å². The van der Waals surface area contributed by atoms with E-state index in [9.17, 15) is 50.4 Å². The monoisotopic (exact) mass is 941 g/mol. The molecule has 2 bridgehead atoms. The molecule has 3 fully saturated rings. The first-order chi connectivity index (χ1) is 30.7. The first-order valence-corrected chi connectivity index (χ1v) is 24.1. The molecule has 20 nitrogen and oxygen atoms in total. The minimum absolute atomic E-state index is 0.0214. The summed E-state index contributed by atoms with van der Waals surface area (Å²) in [5.74, 6) is -5.90. The normalized spacial score (nSPS) is 34.2. The summed E-state index contributed by atoms with van der Waals surface area (Å²) in [4.78, 5) is 33.5. The van der Waals surface area contributed by atoms with Gasteiger partial charge in [-0.1, -0.05) is 52.7 Å². The topological polar surface area (TPSA) is 308 Å². The number of nitrogens with two attached hydrogens (primary N) is 1. The molecule has 0 aromatic heterocycles. The zero-order valence-electron chi connectivity index (χ0n) is 35.8. The molecular weight excluding hydrogens is 879 g/mol. The average Bonchev–Trinajstić information content (AvgIpc) is 3.89. The van der Waals surface area contributed by atoms with E-state index in [1.54, 1.807) is 38.6 Å². The number of allylic oxidation sites excluding steroid dienone is 1. The van der Waals surface area contributed by atoms with E-state index in [0.29, 0.717) is 29.9 Å². The number of aliphatic hydroxyl groups is 7. The summed E-state index contributed by atoms with van der Waals surface area (Å²) in [7, 11) is 4.65. The molecule has 0 unspecified atom stereocenters. The Morgan fingerprint density at radius 2 is 1.89 bits per heavy atom. The Morgan fingerprint density at radius 1 is 1.14 bits per heavy atom. The van der Waals surface area contributed by atoms with Crippen molar-refractivity contribution in [2.45, 2.75) is 100.0 Å². The van der Waals surface area contributed by atoms with Gasteiger partial charge >= 0.3 is 11.9 Å². The molecule has 1 saturated heterocycles. The number of likely N-dealkylation sites (N-methyl/N-ethyl adjacent to an activating group) is 1. The molecule has 358 valence electrons. The summed E-state index contributed by atoms with van der Waals surface area (Å²) in [6.45, 7) is 2.38. The second-order valence-electron chi connectivity index (χ2n) is 16.8. The van der Waals surface area contributed by atoms with Crippen LogP contribution in [0.25, 0.3) is 0 Å². The second-order valence-corrected chi connectivity index (χ2v) is 19.4. The number of aliphatic carboxylic acids is 1. The molecular formula is C42H63N5O15S2. The minimum Gasteiger partial charge on any atom is -0.478 e. The van der Waals surface area contributed by atoms with Gasteiger partial charge in [0, 0.05) is 49.2 Å². The predicted molar refractivity (Wildman–Crippen MR) is 234 cm³/mol. The molecule has 2 aliphatic carbocycles. The molecule has 4 heterocycles. The van der Waals surface area contributed by atoms with Crippen LogP contribution in [-0.2, 0) is 33.3 Å². The standard InChI is InChI=1S/C42H63N5O15S2/c1-3-25-26-8-7-23-15-47(16-27(36(53)54)33(23)46-40(43)45-13-6-14-48)24(17-49)21-63-64-22-29-30(9-12-41(29)10-4-5-11-41)59-37(55)28(26)20-58-38(25)62-39-35(61-32(19-51)44-2)42(56,57)34(52)31(18-50)60-39/h3,7-8,16,20,24-26,29-32,34-35,38-39,44,48-52,56-57H,1,4-6,9-15,17-19,21-22H2,2H3,(H,53,54)(H3,43,45,46)/b8-7+/t24-,25-,26+,29-,30-,31-,32-,34-,35+,38+,39+/m1/s1. The highest BCUT2D eigenvalue weighted by Gasteiger charge is 2.58. The van der Waals surface area contributed by atoms with Crippen LogP contribution in [0.1, 0.15) is 44.9 Å². The maximum Gasteiger partial charge on any atom is 0.339 e. The van der Waals surface area contributed by atoms with Crippen molar-refractivity contribution in [3.05, 3.63) is 59.7 Å². The van der Waals surface area contributed by atoms with Gasteiger partial charge in [0.2, 0.25) is 12.1 Å². The van der Waals surface area contributed by atoms with Gasteiger partial charge in [-0.3, -0.25) is 10.3 Å². The fourth-order valence-electron chi connectivity index (χ4n) is 9.47. The van der Waals surface area contributed by atoms with Crippen LogP contribution in [0.5, 0.6) is 0 Å². The van der Waals surface area contributed by atoms with Gasteiger partial charge in [0.15, 0.2) is 18.4 Å². The molecule has 0 amide bonds. The number of esters is 1. The predicted octanol–water partition coefficient (Wildman–Crippen LogP) is -0.637. The minimum atomic E-state index is -3.08. The van der Waals surface area contributed by atoms with E-state index in [1.807, 2.05) is 0 Å². The number of fused-ring (bicyclic) bond motifs is 5. The number of aliphatic imine (C=N–C) groups is 1. The van der Waals surface area contributed by atoms with Crippen molar-refractivity contribution in [1.29, 1.82) is 0 Å². The van der Waals surface area contributed by atoms with E-state index in [0.717, 1.165) is 32.1 Å². The highest BCUT2D eigenvalue weighted by atomic mass is 33.1. The molecule has 1 spiro atoms. The third-order valence-corrected chi connectivity index (χ3v) is 15.5. The molecule has 6 aliphatic rings. The largest absolute Gasteiger partial charge is 0.478 e. The van der Waals surface area contributed by atoms with Crippen LogP contribution >= 0.6 is 21.6 Å². The molecule has 2 saturated carbocycles. The van der Waals surface area contributed by atoms with Crippen molar-refractivity contribution in [3.63, 3.8) is 0 Å². The molecule has 64 heavy (non-hydrogen) atoms. The lowest BCUT2D eigenvalue weighted by Crippen LogP contribution is -2.69. The zero-order valence-corrected chi connectivity index (χ0v) is 37.4. The van der Waals surface area contributed by atoms with E-state index in [-0.39, 0.29) is 60.4 Å². The number of nitrogens with zero attached hydrogens (tertiary/aromatic N) is 2. The lowest BCUT2D eigenvalue weighted by atomic mass is 9.77. The van der Waals surface area contributed by atoms with E-state index >= 15 is 0 Å². The van der Waals surface area contributed by atoms with Gasteiger partial charge in [0.05, 0.1) is 54.9 Å². The van der Waals surface area contributed by atoms with E-state index < -0.39 is 92.0 Å². The second kappa shape index (κ2) is 22.5. The number of carbonyl (C=O) groups excluding carboxylic acids is 1. The van der Waals surface area contributed by atoms with Gasteiger partial charge in [-0.25, -0.2) is 9.59 Å². The fourth-order valence-corrected chi connectivity index (χ4v) is 12.3. The lowest BCUT2D eigenvalue weighted by molar-refractivity contribution is -0.416. The number of carbonyl (C=O) groups is 2. The molecule has 6 rings (SSSR count). The Bertz CT molecular complexity index is 1800. The van der Waals surface area contributed by atoms with E-state index in [4.69, 9.17) is 29.4 Å². The fraction of sp³-hybridized carbons (Fsp3) is 0.690. The van der Waals surface area contributed by atoms with Crippen molar-refractivity contribution >= 4 is 39.5 Å². The van der Waals surface area contributed by atoms with Gasteiger partial charge in [-0.05, 0) is 50.1 Å². The number of nitrogens with one attached hydrogen (secondary N) is 2. The van der Waals surface area contributed by atoms with Crippen LogP contribution in [0, 0.1) is 23.2 Å². The highest BCUT2D eigenvalue weighted by Crippen LogP contribution is 2.57. The summed E-state index contributed by atoms with van der Waals surface area (Å²) in [6, 6.07) is -0.499. The Hall–Kier alpha value is -3.23. The Balaban J connectivity index is 1.44. The molecule has 12 N–H and O–H groups in total. The van der Waals surface area contributed by atoms with Gasteiger partial charge in [-0.2, -0.15) is 0 Å². The summed E-state index contributed by atoms with van der Waals surface area (Å²) in [5, 5.41) is 89.2. The maximum atomic E-state index is 14.6. The number of hydrogen-bond donors (Lipinski definition) is 11. The first kappa shape index (κ1) is 50.2. The number of carboxylic acid groups (broad SMARTS) is 1. The number of ether oxygens (including phenoxy) is 5. The zero-order chi connectivity index (χ0) is 46.2. The van der Waals surface area contributed by atoms with Crippen molar-refractivity contribution in [2.75, 3.05) is 58.1 Å². The summed E-state index contributed by atoms with van der Waals surface area (Å²) < 4.78 is 30.3. The summed E-state index contributed by atoms with van der Waals surface area (Å²) >= 11 is 0. The van der Waals surface area contributed by atoms with Gasteiger partial charge in [-0.15, -0.1) is 6.58 Å². The van der Waals surface area contributed by atoms with E-state index in [2.05, 4.69) is 22.2 Å². The van der Waals surface area contributed by atoms with Crippen LogP contribution in [-0.4, -0.2) is 177 Å². The highest BCUT2D eigenvalue weighted by molar-refractivity contribution is 8.76. The molecule has 4 aliphatic heterocycles. The third-order valence-electron chi connectivity index (χ3n) is 13.1. The van der Waals surface area contributed by atoms with Crippen LogP contribution < -0.4 is 16.4 Å². The molecule has 11 atom stereocenters. The number of carboxylic acids is 1. The number of aliphatic hydroxyl groups excluding tert-OH is 5. The number of guanidine groups is 1. The Morgan fingerprint density at radius 3 is 2.55 bits per heavy atom. The van der Waals surface area contributed by atoms with E-state index in [1.165, 1.54) is 25.6 Å². The van der Waals surface area contributed by atoms with Gasteiger partial charge < -0.3 is 80.5 Å². The van der Waals surface area contributed by atoms with Crippen LogP contribution in [0.2, 0.25) is 0 Å². The molecule has 0 aromatic rings. The Kier molecular flexibility index (Phi) is 17.7. The lowest BCUT2D eigenvalue weighted by Gasteiger charge is -2.48. The van der Waals surface area contributed by atoms with Gasteiger partial charge in [0.25, 0.3) is 0 Å². The van der Waals surface area contributed by atoms with Crippen LogP contribution in [0.4, 0.5) is 0 Å². The molecule has 0 aromatic carbocycles. The SMILES string of the molecule is C=C[C@H]1[C@H](O[C@@H]2O[C@H](CO)[C@@H](O)C(O)(O)[C@H]2O[C@H](CO)NC)OC=C2C(=O)O[C@@H]3CCC4(CCCC4)[C@@H]3CSSC[C@@H](CO)N3C=C(C(=O)O)C(NC(N)=NCCCO)=C(/C=C/[C@H]21)C3.